The highest BCUT2D eigenvalue weighted by Gasteiger charge is 2.77. The second kappa shape index (κ2) is 5.21. The molecule has 2 aliphatic rings. The van der Waals surface area contributed by atoms with Crippen LogP contribution in [0.25, 0.3) is 0 Å². The van der Waals surface area contributed by atoms with E-state index < -0.39 is 34.3 Å². The third-order valence-corrected chi connectivity index (χ3v) is 5.76. The van der Waals surface area contributed by atoms with Crippen molar-refractivity contribution in [3.63, 3.8) is 0 Å². The minimum absolute atomic E-state index is 0.0310. The predicted octanol–water partition coefficient (Wildman–Crippen LogP) is 1.18. The van der Waals surface area contributed by atoms with Crippen LogP contribution in [0.4, 0.5) is 0 Å². The first kappa shape index (κ1) is 16.8. The van der Waals surface area contributed by atoms with E-state index in [4.69, 9.17) is 4.74 Å². The van der Waals surface area contributed by atoms with Crippen molar-refractivity contribution in [2.24, 2.45) is 16.7 Å². The lowest BCUT2D eigenvalue weighted by atomic mass is 9.48. The number of aliphatic hydroxyl groups is 1. The van der Waals surface area contributed by atoms with Crippen molar-refractivity contribution in [3.05, 3.63) is 29.8 Å². The summed E-state index contributed by atoms with van der Waals surface area (Å²) in [4.78, 5) is 12.6. The highest BCUT2D eigenvalue weighted by atomic mass is 16.5. The molecule has 1 heterocycles. The highest BCUT2D eigenvalue weighted by Crippen LogP contribution is 2.64. The fourth-order valence-corrected chi connectivity index (χ4v) is 4.24. The van der Waals surface area contributed by atoms with Crippen molar-refractivity contribution in [3.8, 4) is 24.0 Å². The van der Waals surface area contributed by atoms with Crippen molar-refractivity contribution in [1.29, 1.82) is 15.8 Å². The molecule has 2 bridgehead atoms. The number of carbonyl (C=O) groups is 1. The van der Waals surface area contributed by atoms with E-state index in [-0.39, 0.29) is 6.42 Å². The van der Waals surface area contributed by atoms with Gasteiger partial charge in [-0.15, -0.1) is 0 Å². The van der Waals surface area contributed by atoms with E-state index in [9.17, 15) is 25.7 Å². The minimum atomic E-state index is -1.95. The number of nitriles is 3. The second-order valence-corrected chi connectivity index (χ2v) is 6.58. The van der Waals surface area contributed by atoms with Crippen LogP contribution in [0.1, 0.15) is 24.8 Å². The number of methoxy groups -OCH3 is 1. The SMILES string of the molecule is COc1ccc([C@H]2C[C@@]3(O)NC(=O)[C@](C#N)([C@@H]3C)C2(C#N)C#N)cc1. The number of fused-ring (bicyclic) bond motifs is 2. The molecular formula is C18H16N4O3. The summed E-state index contributed by atoms with van der Waals surface area (Å²) in [5.41, 5.74) is -4.92. The molecular weight excluding hydrogens is 320 g/mol. The van der Waals surface area contributed by atoms with Crippen LogP contribution in [-0.4, -0.2) is 23.8 Å². The van der Waals surface area contributed by atoms with Crippen LogP contribution in [0, 0.1) is 50.7 Å². The van der Waals surface area contributed by atoms with Crippen molar-refractivity contribution in [1.82, 2.24) is 5.32 Å². The quantitative estimate of drug-likeness (QED) is 0.834. The molecule has 1 amide bonds. The fraction of sp³-hybridized carbons (Fsp3) is 0.444. The molecule has 25 heavy (non-hydrogen) atoms. The first-order valence-electron chi connectivity index (χ1n) is 7.78. The Morgan fingerprint density at radius 1 is 1.20 bits per heavy atom. The van der Waals surface area contributed by atoms with Crippen LogP contribution < -0.4 is 10.1 Å². The van der Waals surface area contributed by atoms with Crippen LogP contribution in [0.3, 0.4) is 0 Å². The summed E-state index contributed by atoms with van der Waals surface area (Å²) in [6, 6.07) is 12.5. The van der Waals surface area contributed by atoms with Gasteiger partial charge in [-0.25, -0.2) is 0 Å². The minimum Gasteiger partial charge on any atom is -0.497 e. The number of nitrogens with one attached hydrogen (secondary N) is 1. The fourth-order valence-electron chi connectivity index (χ4n) is 4.24. The van der Waals surface area contributed by atoms with Crippen molar-refractivity contribution >= 4 is 5.91 Å². The standard InChI is InChI=1S/C18H16N4O3/c1-11-17(10-21)15(23)22-18(11,24)7-14(16(17,8-19)9-20)12-3-5-13(25-2)6-4-12/h3-6,11,14,24H,7H2,1-2H3,(H,22,23)/t11-,14+,17-,18-/m0/s1. The predicted molar refractivity (Wildman–Crippen MR) is 84.3 cm³/mol. The van der Waals surface area contributed by atoms with Crippen molar-refractivity contribution in [2.45, 2.75) is 25.0 Å². The van der Waals surface area contributed by atoms with Gasteiger partial charge in [0.25, 0.3) is 0 Å². The Bertz CT molecular complexity index is 846. The molecule has 126 valence electrons. The first-order chi connectivity index (χ1) is 11.8. The zero-order chi connectivity index (χ0) is 18.5. The highest BCUT2D eigenvalue weighted by molar-refractivity contribution is 5.92. The van der Waals surface area contributed by atoms with Crippen LogP contribution in [0.2, 0.25) is 0 Å². The Kier molecular flexibility index (Phi) is 3.49. The van der Waals surface area contributed by atoms with Crippen molar-refractivity contribution in [2.75, 3.05) is 7.11 Å². The van der Waals surface area contributed by atoms with Gasteiger partial charge < -0.3 is 15.2 Å². The van der Waals surface area contributed by atoms with Crippen LogP contribution in [0.15, 0.2) is 24.3 Å². The lowest BCUT2D eigenvalue weighted by molar-refractivity contribution is -0.130. The number of hydrogen-bond donors (Lipinski definition) is 2. The van der Waals surface area contributed by atoms with Gasteiger partial charge in [-0.2, -0.15) is 15.8 Å². The molecule has 1 aromatic rings. The molecule has 0 radical (unpaired) electrons. The third-order valence-electron chi connectivity index (χ3n) is 5.76. The van der Waals surface area contributed by atoms with Crippen LogP contribution in [-0.2, 0) is 4.79 Å². The summed E-state index contributed by atoms with van der Waals surface area (Å²) in [7, 11) is 1.52. The van der Waals surface area contributed by atoms with E-state index in [1.165, 1.54) is 14.0 Å². The number of benzene rings is 1. The molecule has 7 heteroatoms. The summed E-state index contributed by atoms with van der Waals surface area (Å²) in [6.45, 7) is 1.52. The Morgan fingerprint density at radius 2 is 1.80 bits per heavy atom. The largest absolute Gasteiger partial charge is 0.497 e. The van der Waals surface area contributed by atoms with E-state index in [1.807, 2.05) is 18.2 Å². The summed E-state index contributed by atoms with van der Waals surface area (Å²) in [5.74, 6) is -1.89. The Morgan fingerprint density at radius 3 is 2.28 bits per heavy atom. The molecule has 1 saturated heterocycles. The van der Waals surface area contributed by atoms with Gasteiger partial charge in [-0.1, -0.05) is 19.1 Å². The van der Waals surface area contributed by atoms with Gasteiger partial charge in [-0.05, 0) is 17.7 Å². The van der Waals surface area contributed by atoms with E-state index in [0.717, 1.165) is 0 Å². The average Bonchev–Trinajstić information content (AvgIpc) is 2.77. The number of rotatable bonds is 2. The smallest absolute Gasteiger partial charge is 0.245 e. The van der Waals surface area contributed by atoms with Gasteiger partial charge in [-0.3, -0.25) is 4.79 Å². The number of nitrogens with zero attached hydrogens (tertiary/aromatic N) is 3. The molecule has 0 unspecified atom stereocenters. The van der Waals surface area contributed by atoms with E-state index in [2.05, 4.69) is 5.32 Å². The van der Waals surface area contributed by atoms with Crippen molar-refractivity contribution < 1.29 is 14.6 Å². The van der Waals surface area contributed by atoms with E-state index >= 15 is 0 Å². The second-order valence-electron chi connectivity index (χ2n) is 6.58. The summed E-state index contributed by atoms with van der Waals surface area (Å²) >= 11 is 0. The van der Waals surface area contributed by atoms with Gasteiger partial charge in [0.15, 0.2) is 10.8 Å². The monoisotopic (exact) mass is 336 g/mol. The number of amides is 1. The molecule has 1 aliphatic heterocycles. The topological polar surface area (TPSA) is 130 Å². The molecule has 1 aromatic carbocycles. The third kappa shape index (κ3) is 1.78. The molecule has 0 aromatic heterocycles. The molecule has 3 rings (SSSR count). The Hall–Kier alpha value is -3.08. The zero-order valence-corrected chi connectivity index (χ0v) is 13.8. The Labute approximate surface area is 145 Å². The maximum atomic E-state index is 12.6. The number of hydrogen-bond acceptors (Lipinski definition) is 6. The van der Waals surface area contributed by atoms with Gasteiger partial charge in [0.05, 0.1) is 25.3 Å². The van der Waals surface area contributed by atoms with E-state index in [1.54, 1.807) is 24.3 Å². The molecule has 2 fully saturated rings. The lowest BCUT2D eigenvalue weighted by Gasteiger charge is -2.48. The van der Waals surface area contributed by atoms with Gasteiger partial charge in [0.2, 0.25) is 5.91 Å². The molecule has 0 spiro atoms. The zero-order valence-electron chi connectivity index (χ0n) is 13.8. The molecule has 1 saturated carbocycles. The molecule has 2 N–H and O–H groups in total. The first-order valence-corrected chi connectivity index (χ1v) is 7.78. The average molecular weight is 336 g/mol. The Balaban J connectivity index is 2.26. The molecule has 7 nitrogen and oxygen atoms in total. The van der Waals surface area contributed by atoms with Gasteiger partial charge in [0, 0.05) is 18.3 Å². The maximum Gasteiger partial charge on any atom is 0.245 e. The number of carbonyl (C=O) groups excluding carboxylic acids is 1. The normalized spacial score (nSPS) is 35.0. The van der Waals surface area contributed by atoms with Gasteiger partial charge in [0.1, 0.15) is 11.5 Å². The summed E-state index contributed by atoms with van der Waals surface area (Å²) in [5, 5.41) is 43.0. The molecule has 4 atom stereocenters. The molecule has 1 aliphatic carbocycles. The van der Waals surface area contributed by atoms with E-state index in [0.29, 0.717) is 11.3 Å². The summed E-state index contributed by atoms with van der Waals surface area (Å²) in [6.07, 6.45) is -0.0310. The van der Waals surface area contributed by atoms with Crippen LogP contribution >= 0.6 is 0 Å². The van der Waals surface area contributed by atoms with Gasteiger partial charge >= 0.3 is 0 Å². The number of ether oxygens (including phenoxy) is 1. The lowest BCUT2D eigenvalue weighted by Crippen LogP contribution is -2.57. The van der Waals surface area contributed by atoms with Crippen LogP contribution in [0.5, 0.6) is 5.75 Å². The summed E-state index contributed by atoms with van der Waals surface area (Å²) < 4.78 is 5.11. The maximum absolute atomic E-state index is 12.6.